The van der Waals surface area contributed by atoms with Crippen molar-refractivity contribution < 1.29 is 13.2 Å². The Morgan fingerprint density at radius 3 is 2.84 bits per heavy atom. The highest BCUT2D eigenvalue weighted by atomic mass is 35.5. The third-order valence-electron chi connectivity index (χ3n) is 3.46. The predicted molar refractivity (Wildman–Crippen MR) is 96.3 cm³/mol. The van der Waals surface area contributed by atoms with Crippen LogP contribution in [-0.4, -0.2) is 31.5 Å². The van der Waals surface area contributed by atoms with Crippen LogP contribution in [0.4, 0.5) is 0 Å². The molecule has 1 N–H and O–H groups in total. The van der Waals surface area contributed by atoms with Gasteiger partial charge in [-0.2, -0.15) is 0 Å². The van der Waals surface area contributed by atoms with Gasteiger partial charge in [0.15, 0.2) is 0 Å². The molecule has 0 aliphatic heterocycles. The summed E-state index contributed by atoms with van der Waals surface area (Å²) < 4.78 is 32.5. The molecule has 8 heteroatoms. The summed E-state index contributed by atoms with van der Waals surface area (Å²) >= 11 is 5.77. The van der Waals surface area contributed by atoms with Gasteiger partial charge in [0.05, 0.1) is 11.6 Å². The Morgan fingerprint density at radius 2 is 2.00 bits per heavy atom. The Balaban J connectivity index is 1.53. The number of fused-ring (bicyclic) bond motifs is 1. The van der Waals surface area contributed by atoms with E-state index < -0.39 is 10.0 Å². The summed E-state index contributed by atoms with van der Waals surface area (Å²) in [4.78, 5) is 8.13. The molecule has 0 amide bonds. The zero-order valence-corrected chi connectivity index (χ0v) is 14.8. The van der Waals surface area contributed by atoms with Crippen LogP contribution in [0.1, 0.15) is 6.42 Å². The monoisotopic (exact) mass is 377 g/mol. The van der Waals surface area contributed by atoms with Gasteiger partial charge in [0.2, 0.25) is 10.0 Å². The lowest BCUT2D eigenvalue weighted by molar-refractivity contribution is 0.314. The Hall–Kier alpha value is -2.22. The van der Waals surface area contributed by atoms with Gasteiger partial charge >= 0.3 is 0 Å². The van der Waals surface area contributed by atoms with Crippen LogP contribution in [0.15, 0.2) is 59.9 Å². The number of ether oxygens (including phenoxy) is 1. The van der Waals surface area contributed by atoms with E-state index in [1.807, 2.05) is 30.3 Å². The Morgan fingerprint density at radius 1 is 1.16 bits per heavy atom. The predicted octanol–water partition coefficient (Wildman–Crippen LogP) is 3.03. The number of nitrogens with one attached hydrogen (secondary N) is 1. The van der Waals surface area contributed by atoms with Crippen LogP contribution in [0, 0.1) is 0 Å². The average molecular weight is 378 g/mol. The van der Waals surface area contributed by atoms with Gasteiger partial charge in [-0.3, -0.25) is 9.97 Å². The van der Waals surface area contributed by atoms with Crippen molar-refractivity contribution in [1.29, 1.82) is 0 Å². The zero-order valence-electron chi connectivity index (χ0n) is 13.2. The number of hydrogen-bond donors (Lipinski definition) is 1. The van der Waals surface area contributed by atoms with Crippen molar-refractivity contribution in [3.05, 3.63) is 60.0 Å². The van der Waals surface area contributed by atoms with E-state index >= 15 is 0 Å². The van der Waals surface area contributed by atoms with Crippen LogP contribution in [0.5, 0.6) is 5.75 Å². The van der Waals surface area contributed by atoms with E-state index in [1.165, 1.54) is 18.5 Å². The van der Waals surface area contributed by atoms with Crippen molar-refractivity contribution in [3.63, 3.8) is 0 Å². The van der Waals surface area contributed by atoms with Gasteiger partial charge < -0.3 is 4.74 Å². The van der Waals surface area contributed by atoms with Crippen molar-refractivity contribution in [3.8, 4) is 5.75 Å². The van der Waals surface area contributed by atoms with E-state index in [0.29, 0.717) is 18.8 Å². The largest absolute Gasteiger partial charge is 0.491 e. The molecule has 0 saturated heterocycles. The molecule has 1 aromatic carbocycles. The fourth-order valence-corrected chi connectivity index (χ4v) is 3.58. The fraction of sp³-hybridized carbons (Fsp3) is 0.176. The molecule has 3 rings (SSSR count). The van der Waals surface area contributed by atoms with Gasteiger partial charge in [-0.1, -0.05) is 29.8 Å². The second-order valence-corrected chi connectivity index (χ2v) is 7.47. The topological polar surface area (TPSA) is 81.2 Å². The van der Waals surface area contributed by atoms with Gasteiger partial charge in [0.25, 0.3) is 0 Å². The number of aromatic nitrogens is 2. The van der Waals surface area contributed by atoms with Crippen LogP contribution < -0.4 is 9.46 Å². The summed E-state index contributed by atoms with van der Waals surface area (Å²) in [6.07, 6.45) is 4.86. The van der Waals surface area contributed by atoms with E-state index in [1.54, 1.807) is 6.20 Å². The molecule has 2 aromatic heterocycles. The lowest BCUT2D eigenvalue weighted by atomic mass is 10.2. The molecule has 0 spiro atoms. The maximum Gasteiger partial charge on any atom is 0.242 e. The highest BCUT2D eigenvalue weighted by Gasteiger charge is 2.14. The summed E-state index contributed by atoms with van der Waals surface area (Å²) in [6.45, 7) is 0.610. The highest BCUT2D eigenvalue weighted by Crippen LogP contribution is 2.22. The van der Waals surface area contributed by atoms with Crippen molar-refractivity contribution in [2.45, 2.75) is 11.3 Å². The Kier molecular flexibility index (Phi) is 5.47. The number of benzene rings is 1. The minimum Gasteiger partial charge on any atom is -0.491 e. The standard InChI is InChI=1S/C17H16ClN3O3S/c18-14-10-15(12-19-11-14)25(22,23)21-8-3-9-24-16-6-1-4-13-5-2-7-20-17(13)16/h1-2,4-7,10-12,21H,3,8-9H2. The molecule has 0 saturated carbocycles. The lowest BCUT2D eigenvalue weighted by Gasteiger charge is -2.09. The second kappa shape index (κ2) is 7.77. The van der Waals surface area contributed by atoms with Crippen LogP contribution >= 0.6 is 11.6 Å². The van der Waals surface area contributed by atoms with Gasteiger partial charge in [-0.25, -0.2) is 13.1 Å². The highest BCUT2D eigenvalue weighted by molar-refractivity contribution is 7.89. The van der Waals surface area contributed by atoms with Crippen molar-refractivity contribution in [1.82, 2.24) is 14.7 Å². The SMILES string of the molecule is O=S(=O)(NCCCOc1cccc2cccnc12)c1cncc(Cl)c1. The van der Waals surface area contributed by atoms with Gasteiger partial charge in [0.1, 0.15) is 16.2 Å². The molecule has 6 nitrogen and oxygen atoms in total. The normalized spacial score (nSPS) is 11.6. The van der Waals surface area contributed by atoms with E-state index in [-0.39, 0.29) is 16.5 Å². The first-order valence-corrected chi connectivity index (χ1v) is 9.49. The first kappa shape index (κ1) is 17.6. The van der Waals surface area contributed by atoms with Crippen LogP contribution in [0.3, 0.4) is 0 Å². The molecule has 0 unspecified atom stereocenters. The molecule has 25 heavy (non-hydrogen) atoms. The summed E-state index contributed by atoms with van der Waals surface area (Å²) in [5.41, 5.74) is 0.788. The molecule has 0 bridgehead atoms. The molecule has 0 fully saturated rings. The first-order valence-electron chi connectivity index (χ1n) is 7.63. The second-order valence-electron chi connectivity index (χ2n) is 5.27. The Labute approximate surface area is 150 Å². The fourth-order valence-electron chi connectivity index (χ4n) is 2.28. The van der Waals surface area contributed by atoms with Crippen molar-refractivity contribution in [2.75, 3.05) is 13.2 Å². The van der Waals surface area contributed by atoms with Crippen LogP contribution in [-0.2, 0) is 10.0 Å². The molecule has 130 valence electrons. The number of hydrogen-bond acceptors (Lipinski definition) is 5. The molecular weight excluding hydrogens is 362 g/mol. The molecule has 0 atom stereocenters. The maximum atomic E-state index is 12.1. The van der Waals surface area contributed by atoms with Crippen LogP contribution in [0.2, 0.25) is 5.02 Å². The number of sulfonamides is 1. The van der Waals surface area contributed by atoms with Crippen molar-refractivity contribution in [2.24, 2.45) is 0 Å². The third-order valence-corrected chi connectivity index (χ3v) is 5.09. The van der Waals surface area contributed by atoms with Gasteiger partial charge in [-0.15, -0.1) is 0 Å². The van der Waals surface area contributed by atoms with Crippen molar-refractivity contribution >= 4 is 32.5 Å². The molecule has 0 radical (unpaired) electrons. The molecule has 2 heterocycles. The summed E-state index contributed by atoms with van der Waals surface area (Å²) in [5.74, 6) is 0.681. The van der Waals surface area contributed by atoms with E-state index in [0.717, 1.165) is 10.9 Å². The number of para-hydroxylation sites is 1. The summed E-state index contributed by atoms with van der Waals surface area (Å²) in [6, 6.07) is 10.9. The number of pyridine rings is 2. The minimum absolute atomic E-state index is 0.0409. The first-order chi connectivity index (χ1) is 12.1. The molecule has 3 aromatic rings. The lowest BCUT2D eigenvalue weighted by Crippen LogP contribution is -2.26. The third kappa shape index (κ3) is 4.45. The van der Waals surface area contributed by atoms with E-state index in [9.17, 15) is 8.42 Å². The van der Waals surface area contributed by atoms with E-state index in [2.05, 4.69) is 14.7 Å². The number of rotatable bonds is 7. The van der Waals surface area contributed by atoms with Gasteiger partial charge in [0, 0.05) is 30.5 Å². The van der Waals surface area contributed by atoms with Gasteiger partial charge in [-0.05, 0) is 24.6 Å². The van der Waals surface area contributed by atoms with E-state index in [4.69, 9.17) is 16.3 Å². The smallest absolute Gasteiger partial charge is 0.242 e. The number of nitrogens with zero attached hydrogens (tertiary/aromatic N) is 2. The summed E-state index contributed by atoms with van der Waals surface area (Å²) in [7, 11) is -3.63. The quantitative estimate of drug-likeness (QED) is 0.640. The van der Waals surface area contributed by atoms with Crippen LogP contribution in [0.25, 0.3) is 10.9 Å². The molecule has 0 aliphatic rings. The minimum atomic E-state index is -3.63. The Bertz CT molecular complexity index is 974. The zero-order chi connectivity index (χ0) is 17.7. The molecule has 0 aliphatic carbocycles. The number of halogens is 1. The maximum absolute atomic E-state index is 12.1. The molecular formula is C17H16ClN3O3S. The summed E-state index contributed by atoms with van der Waals surface area (Å²) in [5, 5.41) is 1.27. The average Bonchev–Trinajstić information content (AvgIpc) is 2.61.